The van der Waals surface area contributed by atoms with Crippen LogP contribution in [0.1, 0.15) is 67.3 Å². The summed E-state index contributed by atoms with van der Waals surface area (Å²) < 4.78 is 2.47. The molecule has 1 aliphatic carbocycles. The Kier molecular flexibility index (Phi) is 4.07. The Morgan fingerprint density at radius 1 is 1.12 bits per heavy atom. The van der Waals surface area contributed by atoms with Crippen molar-refractivity contribution in [1.29, 1.82) is 0 Å². The van der Waals surface area contributed by atoms with Crippen molar-refractivity contribution >= 4 is 0 Å². The second-order valence-electron chi connectivity index (χ2n) is 8.60. The van der Waals surface area contributed by atoms with Crippen LogP contribution in [0.4, 0.5) is 0 Å². The Bertz CT molecular complexity index is 787. The van der Waals surface area contributed by atoms with Gasteiger partial charge in [0, 0.05) is 31.6 Å². The second kappa shape index (κ2) is 6.45. The molecule has 1 atom stereocenters. The summed E-state index contributed by atoms with van der Waals surface area (Å²) in [6, 6.07) is 4.20. The molecule has 0 bridgehead atoms. The van der Waals surface area contributed by atoms with Gasteiger partial charge in [-0.3, -0.25) is 9.88 Å². The monoisotopic (exact) mass is 351 g/mol. The molecule has 3 aliphatic rings. The number of piperidine rings is 1. The number of hydrogen-bond acceptors (Lipinski definition) is 4. The second-order valence-corrected chi connectivity index (χ2v) is 8.60. The van der Waals surface area contributed by atoms with E-state index in [-0.39, 0.29) is 0 Å². The van der Waals surface area contributed by atoms with Gasteiger partial charge in [0.05, 0.1) is 5.69 Å². The van der Waals surface area contributed by atoms with Crippen LogP contribution in [-0.4, -0.2) is 37.7 Å². The standard InChI is InChI=1S/C21H29N5/c1-16-6-5-10-22-18(16)15-25-12-8-21(9-13-25)14-17(21)20-24-23-19-7-3-2-4-11-26(19)20/h5-6,10,17H,2-4,7-9,11-15H2,1H3. The average Bonchev–Trinajstić information content (AvgIpc) is 3.29. The van der Waals surface area contributed by atoms with Crippen LogP contribution in [0.5, 0.6) is 0 Å². The first-order chi connectivity index (χ1) is 12.8. The Balaban J connectivity index is 1.24. The lowest BCUT2D eigenvalue weighted by atomic mass is 9.90. The zero-order chi connectivity index (χ0) is 17.6. The minimum Gasteiger partial charge on any atom is -0.315 e. The Hall–Kier alpha value is -1.75. The van der Waals surface area contributed by atoms with Crippen molar-refractivity contribution in [2.45, 2.75) is 70.9 Å². The largest absolute Gasteiger partial charge is 0.315 e. The van der Waals surface area contributed by atoms with E-state index in [0.29, 0.717) is 11.3 Å². The highest BCUT2D eigenvalue weighted by atomic mass is 15.3. The van der Waals surface area contributed by atoms with Crippen molar-refractivity contribution in [2.24, 2.45) is 5.41 Å². The van der Waals surface area contributed by atoms with E-state index in [1.165, 1.54) is 74.5 Å². The molecule has 5 heteroatoms. The van der Waals surface area contributed by atoms with Gasteiger partial charge in [-0.1, -0.05) is 12.5 Å². The molecule has 0 amide bonds. The number of aryl methyl sites for hydroxylation is 2. The van der Waals surface area contributed by atoms with Crippen LogP contribution in [0.15, 0.2) is 18.3 Å². The molecule has 2 aromatic rings. The van der Waals surface area contributed by atoms with E-state index in [0.717, 1.165) is 19.5 Å². The summed E-state index contributed by atoms with van der Waals surface area (Å²) in [5.41, 5.74) is 3.05. The topological polar surface area (TPSA) is 46.8 Å². The molecule has 2 aliphatic heterocycles. The third-order valence-corrected chi connectivity index (χ3v) is 6.98. The Morgan fingerprint density at radius 2 is 2.00 bits per heavy atom. The third kappa shape index (κ3) is 2.86. The predicted octanol–water partition coefficient (Wildman–Crippen LogP) is 3.48. The molecule has 26 heavy (non-hydrogen) atoms. The van der Waals surface area contributed by atoms with E-state index in [1.54, 1.807) is 0 Å². The number of likely N-dealkylation sites (tertiary alicyclic amines) is 1. The van der Waals surface area contributed by atoms with Gasteiger partial charge >= 0.3 is 0 Å². The fourth-order valence-electron chi connectivity index (χ4n) is 5.08. The van der Waals surface area contributed by atoms with Crippen molar-refractivity contribution in [3.05, 3.63) is 41.2 Å². The first kappa shape index (κ1) is 16.4. The lowest BCUT2D eigenvalue weighted by Crippen LogP contribution is -2.35. The summed E-state index contributed by atoms with van der Waals surface area (Å²) in [5.74, 6) is 3.19. The van der Waals surface area contributed by atoms with Gasteiger partial charge in [-0.25, -0.2) is 0 Å². The Morgan fingerprint density at radius 3 is 2.85 bits per heavy atom. The van der Waals surface area contributed by atoms with Crippen molar-refractivity contribution in [2.75, 3.05) is 13.1 Å². The summed E-state index contributed by atoms with van der Waals surface area (Å²) in [6.07, 6.45) is 10.8. The molecule has 0 N–H and O–H groups in total. The molecule has 5 nitrogen and oxygen atoms in total. The highest BCUT2D eigenvalue weighted by molar-refractivity contribution is 5.22. The van der Waals surface area contributed by atoms with E-state index in [2.05, 4.69) is 37.6 Å². The first-order valence-corrected chi connectivity index (χ1v) is 10.3. The number of fused-ring (bicyclic) bond motifs is 1. The zero-order valence-electron chi connectivity index (χ0n) is 15.8. The minimum atomic E-state index is 0.506. The van der Waals surface area contributed by atoms with Crippen molar-refractivity contribution in [1.82, 2.24) is 24.6 Å². The lowest BCUT2D eigenvalue weighted by Gasteiger charge is -2.33. The molecule has 1 spiro atoms. The fraction of sp³-hybridized carbons (Fsp3) is 0.667. The molecule has 5 rings (SSSR count). The van der Waals surface area contributed by atoms with Crippen molar-refractivity contribution in [3.8, 4) is 0 Å². The smallest absolute Gasteiger partial charge is 0.136 e. The number of rotatable bonds is 3. The van der Waals surface area contributed by atoms with Gasteiger partial charge in [-0.05, 0) is 69.2 Å². The molecule has 1 saturated heterocycles. The lowest BCUT2D eigenvalue weighted by molar-refractivity contribution is 0.159. The highest BCUT2D eigenvalue weighted by Gasteiger charge is 2.57. The maximum atomic E-state index is 4.64. The van der Waals surface area contributed by atoms with Gasteiger partial charge in [0.15, 0.2) is 0 Å². The number of pyridine rings is 1. The van der Waals surface area contributed by atoms with Crippen LogP contribution in [0.2, 0.25) is 0 Å². The van der Waals surface area contributed by atoms with Crippen LogP contribution in [0.3, 0.4) is 0 Å². The molecule has 4 heterocycles. The number of hydrogen-bond donors (Lipinski definition) is 0. The van der Waals surface area contributed by atoms with E-state index in [9.17, 15) is 0 Å². The summed E-state index contributed by atoms with van der Waals surface area (Å²) in [4.78, 5) is 7.16. The maximum Gasteiger partial charge on any atom is 0.136 e. The van der Waals surface area contributed by atoms with Crippen LogP contribution in [-0.2, 0) is 19.5 Å². The fourth-order valence-corrected chi connectivity index (χ4v) is 5.08. The molecule has 2 fully saturated rings. The minimum absolute atomic E-state index is 0.506. The summed E-state index contributed by atoms with van der Waals surface area (Å²) in [6.45, 7) is 6.67. The van der Waals surface area contributed by atoms with E-state index in [1.807, 2.05) is 12.3 Å². The van der Waals surface area contributed by atoms with Crippen molar-refractivity contribution in [3.63, 3.8) is 0 Å². The first-order valence-electron chi connectivity index (χ1n) is 10.3. The van der Waals surface area contributed by atoms with Crippen LogP contribution in [0, 0.1) is 12.3 Å². The van der Waals surface area contributed by atoms with E-state index in [4.69, 9.17) is 0 Å². The van der Waals surface area contributed by atoms with Crippen molar-refractivity contribution < 1.29 is 0 Å². The SMILES string of the molecule is Cc1cccnc1CN1CCC2(CC1)CC2c1nnc2n1CCCCC2. The van der Waals surface area contributed by atoms with Crippen LogP contribution < -0.4 is 0 Å². The zero-order valence-corrected chi connectivity index (χ0v) is 15.8. The quantitative estimate of drug-likeness (QED) is 0.849. The number of aromatic nitrogens is 4. The molecular weight excluding hydrogens is 322 g/mol. The van der Waals surface area contributed by atoms with Gasteiger partial charge in [0.1, 0.15) is 11.6 Å². The predicted molar refractivity (Wildman–Crippen MR) is 101 cm³/mol. The average molecular weight is 351 g/mol. The summed E-state index contributed by atoms with van der Waals surface area (Å²) >= 11 is 0. The molecule has 2 aromatic heterocycles. The maximum absolute atomic E-state index is 4.64. The molecule has 1 unspecified atom stereocenters. The van der Waals surface area contributed by atoms with Gasteiger partial charge in [0.2, 0.25) is 0 Å². The van der Waals surface area contributed by atoms with Crippen LogP contribution in [0.25, 0.3) is 0 Å². The van der Waals surface area contributed by atoms with Gasteiger partial charge < -0.3 is 4.57 Å². The normalized spacial score (nSPS) is 25.0. The van der Waals surface area contributed by atoms with Gasteiger partial charge in [-0.15, -0.1) is 10.2 Å². The molecule has 138 valence electrons. The van der Waals surface area contributed by atoms with Gasteiger partial charge in [-0.2, -0.15) is 0 Å². The summed E-state index contributed by atoms with van der Waals surface area (Å²) in [7, 11) is 0. The molecular formula is C21H29N5. The molecule has 0 aromatic carbocycles. The highest BCUT2D eigenvalue weighted by Crippen LogP contribution is 2.64. The molecule has 1 saturated carbocycles. The third-order valence-electron chi connectivity index (χ3n) is 6.98. The number of nitrogens with zero attached hydrogens (tertiary/aromatic N) is 5. The van der Waals surface area contributed by atoms with E-state index >= 15 is 0 Å². The van der Waals surface area contributed by atoms with Gasteiger partial charge in [0.25, 0.3) is 0 Å². The van der Waals surface area contributed by atoms with E-state index < -0.39 is 0 Å². The Labute approximate surface area is 155 Å². The molecule has 0 radical (unpaired) electrons. The van der Waals surface area contributed by atoms with Crippen LogP contribution >= 0.6 is 0 Å². The summed E-state index contributed by atoms with van der Waals surface area (Å²) in [5, 5.41) is 9.17.